The molecule has 14 heavy (non-hydrogen) atoms. The number of rotatable bonds is 6. The average molecular weight is 195 g/mol. The first-order valence-electron chi connectivity index (χ1n) is 4.47. The van der Waals surface area contributed by atoms with Gasteiger partial charge in [-0.15, -0.1) is 13.2 Å². The largest absolute Gasteiger partial charge is 0.478 e. The Balaban J connectivity index is 5.12. The highest BCUT2D eigenvalue weighted by Gasteiger charge is 2.16. The van der Waals surface area contributed by atoms with E-state index in [0.717, 1.165) is 5.57 Å². The summed E-state index contributed by atoms with van der Waals surface area (Å²) in [5.74, 6) is -0.960. The summed E-state index contributed by atoms with van der Waals surface area (Å²) in [4.78, 5) is 10.9. The molecule has 78 valence electrons. The zero-order valence-corrected chi connectivity index (χ0v) is 8.49. The Kier molecular flexibility index (Phi) is 5.56. The summed E-state index contributed by atoms with van der Waals surface area (Å²) in [5.41, 5.74) is 6.64. The molecule has 3 N–H and O–H groups in total. The number of hydrogen-bond donors (Lipinski definition) is 2. The van der Waals surface area contributed by atoms with Gasteiger partial charge in [0.15, 0.2) is 0 Å². The number of carboxylic acids is 1. The Morgan fingerprint density at radius 2 is 1.86 bits per heavy atom. The van der Waals surface area contributed by atoms with Crippen molar-refractivity contribution in [3.63, 3.8) is 0 Å². The minimum Gasteiger partial charge on any atom is -0.478 e. The van der Waals surface area contributed by atoms with Crippen molar-refractivity contribution in [2.45, 2.75) is 25.8 Å². The van der Waals surface area contributed by atoms with E-state index in [9.17, 15) is 4.79 Å². The van der Waals surface area contributed by atoms with Crippen molar-refractivity contribution in [1.29, 1.82) is 0 Å². The van der Waals surface area contributed by atoms with Crippen LogP contribution in [-0.4, -0.2) is 17.1 Å². The molecule has 0 aliphatic rings. The van der Waals surface area contributed by atoms with Gasteiger partial charge in [0.2, 0.25) is 0 Å². The third kappa shape index (κ3) is 3.58. The predicted molar refractivity (Wildman–Crippen MR) is 57.9 cm³/mol. The highest BCUT2D eigenvalue weighted by Crippen LogP contribution is 2.17. The van der Waals surface area contributed by atoms with Gasteiger partial charge in [-0.25, -0.2) is 4.79 Å². The maximum absolute atomic E-state index is 10.9. The van der Waals surface area contributed by atoms with Crippen molar-refractivity contribution >= 4 is 5.97 Å². The molecule has 0 radical (unpaired) electrons. The summed E-state index contributed by atoms with van der Waals surface area (Å²) >= 11 is 0. The number of aliphatic carboxylic acids is 1. The number of hydrogen-bond acceptors (Lipinski definition) is 2. The van der Waals surface area contributed by atoms with E-state index in [1.807, 2.05) is 0 Å². The lowest BCUT2D eigenvalue weighted by Gasteiger charge is -2.12. The Hall–Kier alpha value is -1.35. The quantitative estimate of drug-likeness (QED) is 0.502. The average Bonchev–Trinajstić information content (AvgIpc) is 2.03. The topological polar surface area (TPSA) is 63.3 Å². The molecule has 0 aliphatic carbocycles. The second-order valence-electron chi connectivity index (χ2n) is 3.10. The lowest BCUT2D eigenvalue weighted by Crippen LogP contribution is -2.25. The van der Waals surface area contributed by atoms with Gasteiger partial charge in [-0.05, 0) is 19.8 Å². The van der Waals surface area contributed by atoms with Crippen LogP contribution >= 0.6 is 0 Å². The third-order valence-electron chi connectivity index (χ3n) is 1.85. The Bertz CT molecular complexity index is 252. The summed E-state index contributed by atoms with van der Waals surface area (Å²) in [7, 11) is 0. The van der Waals surface area contributed by atoms with Crippen molar-refractivity contribution in [3.8, 4) is 0 Å². The highest BCUT2D eigenvalue weighted by molar-refractivity contribution is 5.89. The van der Waals surface area contributed by atoms with Crippen molar-refractivity contribution in [3.05, 3.63) is 36.5 Å². The van der Waals surface area contributed by atoms with Crippen molar-refractivity contribution in [2.24, 2.45) is 5.73 Å². The molecule has 1 unspecified atom stereocenters. The van der Waals surface area contributed by atoms with Crippen LogP contribution in [0.1, 0.15) is 19.8 Å². The molecule has 0 amide bonds. The van der Waals surface area contributed by atoms with Crippen LogP contribution < -0.4 is 5.73 Å². The van der Waals surface area contributed by atoms with Gasteiger partial charge < -0.3 is 10.8 Å². The summed E-state index contributed by atoms with van der Waals surface area (Å²) < 4.78 is 0. The zero-order valence-electron chi connectivity index (χ0n) is 8.49. The van der Waals surface area contributed by atoms with E-state index >= 15 is 0 Å². The second kappa shape index (κ2) is 6.16. The van der Waals surface area contributed by atoms with E-state index in [2.05, 4.69) is 13.2 Å². The van der Waals surface area contributed by atoms with Crippen molar-refractivity contribution in [2.75, 3.05) is 0 Å². The molecule has 0 heterocycles. The number of allylic oxidation sites excluding steroid dienone is 3. The van der Waals surface area contributed by atoms with Gasteiger partial charge in [0.05, 0.1) is 5.57 Å². The molecule has 0 saturated heterocycles. The van der Waals surface area contributed by atoms with Gasteiger partial charge in [0.1, 0.15) is 0 Å². The SMILES string of the molecule is C=CCC(CC=C)=C(C(=O)O)C(C)N. The zero-order chi connectivity index (χ0) is 11.1. The molecule has 0 aliphatic heterocycles. The minimum atomic E-state index is -0.960. The molecular weight excluding hydrogens is 178 g/mol. The minimum absolute atomic E-state index is 0.268. The van der Waals surface area contributed by atoms with Crippen molar-refractivity contribution < 1.29 is 9.90 Å². The maximum atomic E-state index is 10.9. The molecule has 0 bridgehead atoms. The van der Waals surface area contributed by atoms with Gasteiger partial charge in [0, 0.05) is 6.04 Å². The third-order valence-corrected chi connectivity index (χ3v) is 1.85. The molecule has 0 fully saturated rings. The van der Waals surface area contributed by atoms with E-state index in [4.69, 9.17) is 10.8 Å². The van der Waals surface area contributed by atoms with Crippen LogP contribution in [0.15, 0.2) is 36.5 Å². The first-order chi connectivity index (χ1) is 6.54. The number of carboxylic acid groups (broad SMARTS) is 1. The molecule has 0 rings (SSSR count). The second-order valence-corrected chi connectivity index (χ2v) is 3.10. The maximum Gasteiger partial charge on any atom is 0.333 e. The van der Waals surface area contributed by atoms with Crippen LogP contribution in [0.5, 0.6) is 0 Å². The van der Waals surface area contributed by atoms with Crippen LogP contribution in [0, 0.1) is 0 Å². The van der Waals surface area contributed by atoms with Crippen LogP contribution in [0.2, 0.25) is 0 Å². The number of carbonyl (C=O) groups is 1. The summed E-state index contributed by atoms with van der Waals surface area (Å²) in [6.45, 7) is 8.83. The summed E-state index contributed by atoms with van der Waals surface area (Å²) in [6.07, 6.45) is 4.42. The first kappa shape index (κ1) is 12.7. The van der Waals surface area contributed by atoms with Crippen LogP contribution in [-0.2, 0) is 4.79 Å². The van der Waals surface area contributed by atoms with Gasteiger partial charge in [-0.2, -0.15) is 0 Å². The Labute approximate surface area is 84.6 Å². The van der Waals surface area contributed by atoms with Crippen molar-refractivity contribution in [1.82, 2.24) is 0 Å². The molecule has 1 atom stereocenters. The normalized spacial score (nSPS) is 11.6. The van der Waals surface area contributed by atoms with Gasteiger partial charge >= 0.3 is 5.97 Å². The van der Waals surface area contributed by atoms with Gasteiger partial charge in [-0.1, -0.05) is 17.7 Å². The summed E-state index contributed by atoms with van der Waals surface area (Å²) in [6, 6.07) is -0.470. The highest BCUT2D eigenvalue weighted by atomic mass is 16.4. The lowest BCUT2D eigenvalue weighted by molar-refractivity contribution is -0.133. The molecule has 3 nitrogen and oxygen atoms in total. The standard InChI is InChI=1S/C11H17NO2/c1-4-6-9(7-5-2)10(8(3)12)11(13)14/h4-5,8H,1-2,6-7,12H2,3H3,(H,13,14). The molecule has 0 aromatic rings. The van der Waals surface area contributed by atoms with Gasteiger partial charge in [0.25, 0.3) is 0 Å². The van der Waals surface area contributed by atoms with Crippen LogP contribution in [0.4, 0.5) is 0 Å². The van der Waals surface area contributed by atoms with Crippen LogP contribution in [0.25, 0.3) is 0 Å². The van der Waals surface area contributed by atoms with E-state index in [1.165, 1.54) is 0 Å². The molecule has 0 aromatic carbocycles. The Morgan fingerprint density at radius 1 is 1.43 bits per heavy atom. The first-order valence-corrected chi connectivity index (χ1v) is 4.47. The fourth-order valence-electron chi connectivity index (χ4n) is 1.32. The van der Waals surface area contributed by atoms with Gasteiger partial charge in [-0.3, -0.25) is 0 Å². The van der Waals surface area contributed by atoms with Crippen LogP contribution in [0.3, 0.4) is 0 Å². The monoisotopic (exact) mass is 195 g/mol. The molecule has 3 heteroatoms. The number of nitrogens with two attached hydrogens (primary N) is 1. The van der Waals surface area contributed by atoms with E-state index in [-0.39, 0.29) is 5.57 Å². The van der Waals surface area contributed by atoms with E-state index in [0.29, 0.717) is 12.8 Å². The van der Waals surface area contributed by atoms with E-state index < -0.39 is 12.0 Å². The predicted octanol–water partition coefficient (Wildman–Crippen LogP) is 1.87. The fourth-order valence-corrected chi connectivity index (χ4v) is 1.32. The molecule has 0 aromatic heterocycles. The Morgan fingerprint density at radius 3 is 2.07 bits per heavy atom. The smallest absolute Gasteiger partial charge is 0.333 e. The lowest BCUT2D eigenvalue weighted by atomic mass is 9.97. The summed E-state index contributed by atoms with van der Waals surface area (Å²) in [5, 5.41) is 8.96. The molecule has 0 spiro atoms. The van der Waals surface area contributed by atoms with E-state index in [1.54, 1.807) is 19.1 Å². The molecular formula is C11H17NO2. The fraction of sp³-hybridized carbons (Fsp3) is 0.364. The molecule has 0 saturated carbocycles.